The summed E-state index contributed by atoms with van der Waals surface area (Å²) in [5.74, 6) is -0.357. The molecule has 0 amide bonds. The van der Waals surface area contributed by atoms with E-state index in [1.54, 1.807) is 35.1 Å². The summed E-state index contributed by atoms with van der Waals surface area (Å²) in [4.78, 5) is 15.4. The predicted molar refractivity (Wildman–Crippen MR) is 245 cm³/mol. The van der Waals surface area contributed by atoms with Crippen LogP contribution in [0.5, 0.6) is 17.2 Å². The summed E-state index contributed by atoms with van der Waals surface area (Å²) in [5.41, 5.74) is 8.75. The van der Waals surface area contributed by atoms with E-state index in [9.17, 15) is 20.1 Å². The average Bonchev–Trinajstić information content (AvgIpc) is 4.04. The molecular formula is C49H45N9O6. The van der Waals surface area contributed by atoms with Gasteiger partial charge in [0, 0.05) is 29.4 Å². The van der Waals surface area contributed by atoms with E-state index in [-0.39, 0.29) is 35.7 Å². The zero-order valence-corrected chi connectivity index (χ0v) is 35.3. The van der Waals surface area contributed by atoms with Crippen LogP contribution in [0.2, 0.25) is 0 Å². The Morgan fingerprint density at radius 2 is 0.938 bits per heavy atom. The fourth-order valence-electron chi connectivity index (χ4n) is 7.16. The van der Waals surface area contributed by atoms with Crippen LogP contribution in [-0.2, 0) is 23.1 Å². The number of nitrogens with zero attached hydrogens (tertiary/aromatic N) is 9. The van der Waals surface area contributed by atoms with E-state index in [4.69, 9.17) is 10.2 Å². The molecular weight excluding hydrogens is 811 g/mol. The molecule has 64 heavy (non-hydrogen) atoms. The smallest absolute Gasteiger partial charge is 0.303 e. The van der Waals surface area contributed by atoms with E-state index in [1.807, 2.05) is 130 Å². The van der Waals surface area contributed by atoms with Gasteiger partial charge in [0.05, 0.1) is 5.69 Å². The minimum absolute atomic E-state index is 0.0301. The van der Waals surface area contributed by atoms with E-state index in [1.165, 1.54) is 9.59 Å². The zero-order chi connectivity index (χ0) is 45.0. The van der Waals surface area contributed by atoms with Crippen LogP contribution in [0.1, 0.15) is 43.9 Å². The van der Waals surface area contributed by atoms with Crippen molar-refractivity contribution >= 4 is 49.8 Å². The van der Waals surface area contributed by atoms with Gasteiger partial charge in [-0.3, -0.25) is 4.79 Å². The fourth-order valence-corrected chi connectivity index (χ4v) is 7.16. The summed E-state index contributed by atoms with van der Waals surface area (Å²) in [6.45, 7) is 6.07. The molecule has 0 bridgehead atoms. The third-order valence-electron chi connectivity index (χ3n) is 10.4. The summed E-state index contributed by atoms with van der Waals surface area (Å²) in [6.07, 6.45) is 0.947. The van der Waals surface area contributed by atoms with Gasteiger partial charge in [0.15, 0.2) is 0 Å². The standard InChI is InChI=1S/C19H21N3O3.C16H11N3O.C14H13N3O2/c1-19(2,3)13-10-12(8-9-17(23)24)11-16(18(13)25)22-20-14-6-4-5-7-15(14)21-22;20-16-10-9-15(11-5-1-2-6-12(11)16)19-17-13-7-3-4-8-14(13)18-19;18-8-7-10-5-6-14(19)13(9-10)17-15-11-3-1-2-4-12(11)16-17/h4-7,10-11,25H,8-9H2,1-3H3,(H,23,24);1-10,20H;1-6,9,18-19H,7-8H2. The van der Waals surface area contributed by atoms with E-state index in [2.05, 4.69) is 30.6 Å². The molecule has 15 heteroatoms. The van der Waals surface area contributed by atoms with Gasteiger partial charge in [-0.2, -0.15) is 0 Å². The molecule has 0 aliphatic rings. The van der Waals surface area contributed by atoms with Crippen molar-refractivity contribution in [3.05, 3.63) is 156 Å². The van der Waals surface area contributed by atoms with Gasteiger partial charge >= 0.3 is 5.97 Å². The molecule has 3 aromatic heterocycles. The number of aromatic nitrogens is 9. The molecule has 0 aliphatic heterocycles. The lowest BCUT2D eigenvalue weighted by Crippen LogP contribution is -2.14. The molecule has 10 rings (SSSR count). The number of carboxylic acid groups (broad SMARTS) is 1. The normalized spacial score (nSPS) is 11.4. The first kappa shape index (κ1) is 42.5. The first-order chi connectivity index (χ1) is 30.9. The summed E-state index contributed by atoms with van der Waals surface area (Å²) in [7, 11) is 0. The number of fused-ring (bicyclic) bond motifs is 4. The van der Waals surface area contributed by atoms with Crippen molar-refractivity contribution in [3.8, 4) is 34.3 Å². The average molecular weight is 856 g/mol. The summed E-state index contributed by atoms with van der Waals surface area (Å²) < 4.78 is 0. The SMILES string of the molecule is CC(C)(C)c1cc(CCC(=O)O)cc(-n2nc3ccccc3n2)c1O.OCCc1ccc(O)c(-n2nc3ccccc3n2)c1.Oc1ccc(-n2nc3ccccc3n2)c2ccccc12. The van der Waals surface area contributed by atoms with Gasteiger partial charge in [-0.15, -0.1) is 45.0 Å². The second kappa shape index (κ2) is 18.0. The number of carboxylic acids is 1. The number of aliphatic hydroxyl groups is 1. The third kappa shape index (κ3) is 9.19. The Hall–Kier alpha value is -8.17. The molecule has 0 spiro atoms. The Balaban J connectivity index is 0.000000133. The molecule has 5 N–H and O–H groups in total. The highest BCUT2D eigenvalue weighted by molar-refractivity contribution is 5.94. The van der Waals surface area contributed by atoms with Gasteiger partial charge in [0.25, 0.3) is 0 Å². The van der Waals surface area contributed by atoms with Gasteiger partial charge in [0.2, 0.25) is 0 Å². The number of hydrogen-bond donors (Lipinski definition) is 5. The minimum atomic E-state index is -0.852. The van der Waals surface area contributed by atoms with Crippen molar-refractivity contribution in [2.75, 3.05) is 6.61 Å². The molecule has 0 saturated heterocycles. The quantitative estimate of drug-likeness (QED) is 0.0976. The molecule has 0 aliphatic carbocycles. The van der Waals surface area contributed by atoms with Crippen molar-refractivity contribution in [1.29, 1.82) is 0 Å². The monoisotopic (exact) mass is 855 g/mol. The lowest BCUT2D eigenvalue weighted by molar-refractivity contribution is -0.136. The van der Waals surface area contributed by atoms with Crippen molar-refractivity contribution in [3.63, 3.8) is 0 Å². The topological polar surface area (TPSA) is 210 Å². The van der Waals surface area contributed by atoms with Crippen molar-refractivity contribution in [1.82, 2.24) is 45.0 Å². The van der Waals surface area contributed by atoms with E-state index >= 15 is 0 Å². The molecule has 322 valence electrons. The number of rotatable bonds is 8. The highest BCUT2D eigenvalue weighted by atomic mass is 16.4. The van der Waals surface area contributed by atoms with Gasteiger partial charge in [-0.1, -0.05) is 93.6 Å². The van der Waals surface area contributed by atoms with Crippen molar-refractivity contribution in [2.45, 2.75) is 45.4 Å². The number of hydrogen-bond acceptors (Lipinski definition) is 11. The van der Waals surface area contributed by atoms with Gasteiger partial charge < -0.3 is 25.5 Å². The molecule has 3 heterocycles. The molecule has 0 atom stereocenters. The predicted octanol–water partition coefficient (Wildman–Crippen LogP) is 8.38. The number of carbonyl (C=O) groups is 1. The van der Waals surface area contributed by atoms with E-state index < -0.39 is 5.97 Å². The van der Waals surface area contributed by atoms with Crippen LogP contribution in [0.25, 0.3) is 60.9 Å². The number of aryl methyl sites for hydroxylation is 1. The minimum Gasteiger partial charge on any atom is -0.507 e. The number of aliphatic hydroxyl groups excluding tert-OH is 1. The molecule has 0 saturated carbocycles. The maximum absolute atomic E-state index is 10.9. The van der Waals surface area contributed by atoms with Crippen LogP contribution >= 0.6 is 0 Å². The summed E-state index contributed by atoms with van der Waals surface area (Å²) >= 11 is 0. The molecule has 10 aromatic rings. The Labute approximate surface area is 366 Å². The van der Waals surface area contributed by atoms with Crippen molar-refractivity contribution < 1.29 is 30.3 Å². The van der Waals surface area contributed by atoms with Crippen molar-refractivity contribution in [2.24, 2.45) is 0 Å². The Morgan fingerprint density at radius 3 is 1.42 bits per heavy atom. The van der Waals surface area contributed by atoms with Crippen LogP contribution in [0.3, 0.4) is 0 Å². The molecule has 0 radical (unpaired) electrons. The fraction of sp³-hybridized carbons (Fsp3) is 0.163. The molecule has 15 nitrogen and oxygen atoms in total. The largest absolute Gasteiger partial charge is 0.507 e. The zero-order valence-electron chi connectivity index (χ0n) is 35.3. The number of aliphatic carboxylic acids is 1. The van der Waals surface area contributed by atoms with Crippen LogP contribution in [0.15, 0.2) is 140 Å². The number of phenolic OH excluding ortho intramolecular Hbond substituents is 3. The lowest BCUT2D eigenvalue weighted by atomic mass is 9.84. The molecule has 7 aromatic carbocycles. The second-order valence-corrected chi connectivity index (χ2v) is 16.0. The summed E-state index contributed by atoms with van der Waals surface area (Å²) in [5, 5.41) is 76.8. The van der Waals surface area contributed by atoms with Crippen LogP contribution in [0, 0.1) is 0 Å². The highest BCUT2D eigenvalue weighted by Crippen LogP contribution is 2.37. The summed E-state index contributed by atoms with van der Waals surface area (Å²) in [6, 6.07) is 42.7. The Bertz CT molecular complexity index is 3180. The maximum atomic E-state index is 10.9. The first-order valence-electron chi connectivity index (χ1n) is 20.6. The van der Waals surface area contributed by atoms with Crippen LogP contribution in [0.4, 0.5) is 0 Å². The number of phenols is 3. The molecule has 0 fully saturated rings. The maximum Gasteiger partial charge on any atom is 0.303 e. The second-order valence-electron chi connectivity index (χ2n) is 16.0. The lowest BCUT2D eigenvalue weighted by Gasteiger charge is -2.23. The third-order valence-corrected chi connectivity index (χ3v) is 10.4. The highest BCUT2D eigenvalue weighted by Gasteiger charge is 2.23. The van der Waals surface area contributed by atoms with Gasteiger partial charge in [-0.25, -0.2) is 0 Å². The van der Waals surface area contributed by atoms with Gasteiger partial charge in [0.1, 0.15) is 61.7 Å². The van der Waals surface area contributed by atoms with E-state index in [0.29, 0.717) is 24.2 Å². The molecule has 0 unspecified atom stereocenters. The Kier molecular flexibility index (Phi) is 12.0. The van der Waals surface area contributed by atoms with Crippen LogP contribution in [-0.4, -0.2) is 83.1 Å². The number of aromatic hydroxyl groups is 3. The van der Waals surface area contributed by atoms with Crippen LogP contribution < -0.4 is 0 Å². The van der Waals surface area contributed by atoms with Gasteiger partial charge in [-0.05, 0) is 96.1 Å². The van der Waals surface area contributed by atoms with E-state index in [0.717, 1.165) is 66.3 Å². The Morgan fingerprint density at radius 1 is 0.500 bits per heavy atom. The first-order valence-corrected chi connectivity index (χ1v) is 20.6. The number of benzene rings is 7.